The van der Waals surface area contributed by atoms with Gasteiger partial charge in [0.25, 0.3) is 0 Å². The lowest BCUT2D eigenvalue weighted by Crippen LogP contribution is -1.99. The Kier molecular flexibility index (Phi) is 4.25. The van der Waals surface area contributed by atoms with Gasteiger partial charge in [-0.3, -0.25) is 9.78 Å². The molecule has 1 aromatic carbocycles. The molecule has 0 aliphatic rings. The highest BCUT2D eigenvalue weighted by Gasteiger charge is 2.12. The van der Waals surface area contributed by atoms with E-state index in [4.69, 9.17) is 0 Å². The van der Waals surface area contributed by atoms with Gasteiger partial charge in [0, 0.05) is 29.2 Å². The van der Waals surface area contributed by atoms with Crippen LogP contribution in [-0.2, 0) is 0 Å². The van der Waals surface area contributed by atoms with E-state index in [0.29, 0.717) is 10.7 Å². The Bertz CT molecular complexity index is 792. The number of nitrogens with zero attached hydrogens (tertiary/aromatic N) is 3. The molecule has 0 fully saturated rings. The van der Waals surface area contributed by atoms with Crippen molar-refractivity contribution >= 4 is 16.9 Å². The number of pyridine rings is 1. The average molecular weight is 307 g/mol. The van der Waals surface area contributed by atoms with E-state index >= 15 is 0 Å². The Hall–Kier alpha value is -2.53. The zero-order valence-corrected chi connectivity index (χ0v) is 12.7. The summed E-state index contributed by atoms with van der Waals surface area (Å²) in [6.45, 7) is 1.90. The summed E-state index contributed by atoms with van der Waals surface area (Å²) < 4.78 is 0. The van der Waals surface area contributed by atoms with Crippen LogP contribution in [0.15, 0.2) is 66.1 Å². The Morgan fingerprint density at radius 2 is 1.86 bits per heavy atom. The molecule has 22 heavy (non-hydrogen) atoms. The third kappa shape index (κ3) is 3.38. The highest BCUT2D eigenvalue weighted by Crippen LogP contribution is 2.23. The summed E-state index contributed by atoms with van der Waals surface area (Å²) in [4.78, 5) is 25.0. The van der Waals surface area contributed by atoms with E-state index in [0.717, 1.165) is 28.7 Å². The number of rotatable bonds is 3. The molecule has 0 atom stereocenters. The molecule has 0 aliphatic carbocycles. The summed E-state index contributed by atoms with van der Waals surface area (Å²) in [7, 11) is 0. The summed E-state index contributed by atoms with van der Waals surface area (Å²) in [5, 5.41) is 0.338. The van der Waals surface area contributed by atoms with Crippen molar-refractivity contribution in [1.82, 2.24) is 15.0 Å². The lowest BCUT2D eigenvalue weighted by atomic mass is 10.1. The van der Waals surface area contributed by atoms with Gasteiger partial charge in [0.1, 0.15) is 0 Å². The van der Waals surface area contributed by atoms with Gasteiger partial charge in [0.05, 0.1) is 5.69 Å². The largest absolute Gasteiger partial charge is 0.281 e. The second-order valence-corrected chi connectivity index (χ2v) is 5.61. The van der Waals surface area contributed by atoms with Crippen molar-refractivity contribution in [1.29, 1.82) is 0 Å². The lowest BCUT2D eigenvalue weighted by molar-refractivity contribution is 0.108. The number of carbonyl (C=O) groups excluding carboxylic acids is 1. The number of aryl methyl sites for hydroxylation is 1. The summed E-state index contributed by atoms with van der Waals surface area (Å²) in [6.07, 6.45) is 3.18. The number of aromatic nitrogens is 3. The monoisotopic (exact) mass is 307 g/mol. The van der Waals surface area contributed by atoms with Gasteiger partial charge < -0.3 is 0 Å². The van der Waals surface area contributed by atoms with Gasteiger partial charge in [-0.15, -0.1) is 0 Å². The van der Waals surface area contributed by atoms with Crippen molar-refractivity contribution in [2.75, 3.05) is 0 Å². The molecular weight excluding hydrogens is 294 g/mol. The minimum Gasteiger partial charge on any atom is -0.281 e. The molecule has 0 unspecified atom stereocenters. The van der Waals surface area contributed by atoms with E-state index in [2.05, 4.69) is 15.0 Å². The van der Waals surface area contributed by atoms with Crippen LogP contribution in [0.25, 0.3) is 11.3 Å². The number of benzene rings is 1. The summed E-state index contributed by atoms with van der Waals surface area (Å²) in [6, 6.07) is 15.2. The molecule has 5 heteroatoms. The smallest absolute Gasteiger partial charge is 0.228 e. The van der Waals surface area contributed by atoms with Crippen molar-refractivity contribution < 1.29 is 4.79 Å². The van der Waals surface area contributed by atoms with E-state index < -0.39 is 0 Å². The standard InChI is InChI=1S/C17H13N3OS/c1-12-10-15(13-6-3-2-4-7-13)20-17(19-12)22-16(21)14-8-5-9-18-11-14/h2-11H,1H3. The second kappa shape index (κ2) is 6.49. The van der Waals surface area contributed by atoms with E-state index in [1.54, 1.807) is 24.5 Å². The Labute approximate surface area is 132 Å². The molecule has 2 aromatic heterocycles. The maximum absolute atomic E-state index is 12.2. The van der Waals surface area contributed by atoms with Crippen LogP contribution >= 0.6 is 11.8 Å². The topological polar surface area (TPSA) is 55.7 Å². The minimum absolute atomic E-state index is 0.113. The fraction of sp³-hybridized carbons (Fsp3) is 0.0588. The zero-order valence-electron chi connectivity index (χ0n) is 11.9. The van der Waals surface area contributed by atoms with Gasteiger partial charge in [-0.05, 0) is 36.9 Å². The molecule has 0 bridgehead atoms. The van der Waals surface area contributed by atoms with Crippen molar-refractivity contribution in [2.45, 2.75) is 12.1 Å². The quantitative estimate of drug-likeness (QED) is 0.544. The molecule has 0 radical (unpaired) electrons. The number of thioether (sulfide) groups is 1. The fourth-order valence-electron chi connectivity index (χ4n) is 1.97. The highest BCUT2D eigenvalue weighted by molar-refractivity contribution is 8.14. The maximum atomic E-state index is 12.2. The van der Waals surface area contributed by atoms with Crippen LogP contribution in [0.3, 0.4) is 0 Å². The highest BCUT2D eigenvalue weighted by atomic mass is 32.2. The molecule has 3 aromatic rings. The Morgan fingerprint density at radius 3 is 2.59 bits per heavy atom. The first-order chi connectivity index (χ1) is 10.7. The van der Waals surface area contributed by atoms with Crippen molar-refractivity contribution in [3.8, 4) is 11.3 Å². The van der Waals surface area contributed by atoms with Crippen LogP contribution in [0.1, 0.15) is 16.1 Å². The van der Waals surface area contributed by atoms with E-state index in [-0.39, 0.29) is 5.12 Å². The number of hydrogen-bond acceptors (Lipinski definition) is 5. The maximum Gasteiger partial charge on any atom is 0.228 e. The van der Waals surface area contributed by atoms with Gasteiger partial charge in [-0.2, -0.15) is 0 Å². The first-order valence-corrected chi connectivity index (χ1v) is 7.57. The third-order valence-electron chi connectivity index (χ3n) is 2.98. The van der Waals surface area contributed by atoms with Crippen LogP contribution < -0.4 is 0 Å². The summed E-state index contributed by atoms with van der Waals surface area (Å²) >= 11 is 1.02. The number of carbonyl (C=O) groups is 1. The van der Waals surface area contributed by atoms with Gasteiger partial charge in [0.15, 0.2) is 5.16 Å². The molecule has 108 valence electrons. The van der Waals surface area contributed by atoms with E-state index in [1.807, 2.05) is 43.3 Å². The Morgan fingerprint density at radius 1 is 1.05 bits per heavy atom. The fourth-order valence-corrected chi connectivity index (χ4v) is 2.71. The van der Waals surface area contributed by atoms with Crippen LogP contribution in [-0.4, -0.2) is 20.1 Å². The van der Waals surface area contributed by atoms with Crippen molar-refractivity contribution in [3.63, 3.8) is 0 Å². The van der Waals surface area contributed by atoms with Crippen molar-refractivity contribution in [3.05, 3.63) is 72.2 Å². The second-order valence-electron chi connectivity index (χ2n) is 4.67. The summed E-state index contributed by atoms with van der Waals surface area (Å²) in [5.41, 5.74) is 3.19. The van der Waals surface area contributed by atoms with Gasteiger partial charge in [0.2, 0.25) is 5.12 Å². The van der Waals surface area contributed by atoms with E-state index in [9.17, 15) is 4.79 Å². The molecule has 0 aliphatic heterocycles. The molecule has 0 amide bonds. The zero-order chi connectivity index (χ0) is 15.4. The predicted molar refractivity (Wildman–Crippen MR) is 86.6 cm³/mol. The normalized spacial score (nSPS) is 10.4. The van der Waals surface area contributed by atoms with Gasteiger partial charge in [-0.25, -0.2) is 9.97 Å². The minimum atomic E-state index is -0.113. The third-order valence-corrected chi connectivity index (χ3v) is 3.77. The predicted octanol–water partition coefficient (Wildman–Crippen LogP) is 3.78. The SMILES string of the molecule is Cc1cc(-c2ccccc2)nc(SC(=O)c2cccnc2)n1. The Balaban J connectivity index is 1.89. The van der Waals surface area contributed by atoms with Crippen LogP contribution in [0, 0.1) is 6.92 Å². The molecule has 0 N–H and O–H groups in total. The molecular formula is C17H13N3OS. The van der Waals surface area contributed by atoms with Crippen LogP contribution in [0.5, 0.6) is 0 Å². The van der Waals surface area contributed by atoms with Gasteiger partial charge >= 0.3 is 0 Å². The first kappa shape index (κ1) is 14.4. The summed E-state index contributed by atoms with van der Waals surface area (Å²) in [5.74, 6) is 0. The molecule has 0 spiro atoms. The van der Waals surface area contributed by atoms with Crippen molar-refractivity contribution in [2.24, 2.45) is 0 Å². The molecule has 0 saturated carbocycles. The average Bonchev–Trinajstić information content (AvgIpc) is 2.56. The lowest BCUT2D eigenvalue weighted by Gasteiger charge is -2.05. The molecule has 4 nitrogen and oxygen atoms in total. The van der Waals surface area contributed by atoms with Crippen LogP contribution in [0.2, 0.25) is 0 Å². The first-order valence-electron chi connectivity index (χ1n) is 6.76. The van der Waals surface area contributed by atoms with Gasteiger partial charge in [-0.1, -0.05) is 30.3 Å². The van der Waals surface area contributed by atoms with E-state index in [1.165, 1.54) is 0 Å². The molecule has 0 saturated heterocycles. The molecule has 3 rings (SSSR count). The van der Waals surface area contributed by atoms with Crippen LogP contribution in [0.4, 0.5) is 0 Å². The number of hydrogen-bond donors (Lipinski definition) is 0. The molecule has 2 heterocycles.